The normalized spacial score (nSPS) is 23.8. The van der Waals surface area contributed by atoms with Gasteiger partial charge in [0.15, 0.2) is 0 Å². The van der Waals surface area contributed by atoms with E-state index in [-0.39, 0.29) is 11.7 Å². The summed E-state index contributed by atoms with van der Waals surface area (Å²) in [5.74, 6) is 0. The van der Waals surface area contributed by atoms with Crippen molar-refractivity contribution in [2.75, 3.05) is 37.8 Å². The topological polar surface area (TPSA) is 48.0 Å². The molecule has 1 aliphatic heterocycles. The Hall–Kier alpha value is -0.0800. The second kappa shape index (κ2) is 7.79. The molecule has 0 N–H and O–H groups in total. The molecule has 0 aromatic heterocycles. The molecule has 1 atom stereocenters. The van der Waals surface area contributed by atoms with Gasteiger partial charge in [-0.05, 0) is 33.6 Å². The zero-order valence-corrected chi connectivity index (χ0v) is 15.1. The standard InChI is InChI=1S/C14H26INO4/c1-13(2,3)20-12(17)16-7-5-6-14(10-15,11-16)19-9-8-18-4/h5-11H2,1-4H3. The highest BCUT2D eigenvalue weighted by atomic mass is 127. The van der Waals surface area contributed by atoms with E-state index in [1.807, 2.05) is 20.8 Å². The number of carbonyl (C=O) groups is 1. The predicted octanol–water partition coefficient (Wildman–Crippen LogP) is 2.85. The van der Waals surface area contributed by atoms with Crippen molar-refractivity contribution in [2.45, 2.75) is 44.8 Å². The van der Waals surface area contributed by atoms with Gasteiger partial charge in [-0.15, -0.1) is 0 Å². The Balaban J connectivity index is 2.61. The number of amides is 1. The first-order valence-corrected chi connectivity index (χ1v) is 8.51. The number of ether oxygens (including phenoxy) is 3. The van der Waals surface area contributed by atoms with Crippen LogP contribution < -0.4 is 0 Å². The van der Waals surface area contributed by atoms with Crippen molar-refractivity contribution >= 4 is 28.7 Å². The summed E-state index contributed by atoms with van der Waals surface area (Å²) < 4.78 is 17.3. The fourth-order valence-corrected chi connectivity index (χ4v) is 3.03. The van der Waals surface area contributed by atoms with Crippen LogP contribution in [0.15, 0.2) is 0 Å². The zero-order valence-electron chi connectivity index (χ0n) is 12.9. The summed E-state index contributed by atoms with van der Waals surface area (Å²) in [5.41, 5.74) is -0.729. The highest BCUT2D eigenvalue weighted by molar-refractivity contribution is 14.1. The minimum Gasteiger partial charge on any atom is -0.444 e. The van der Waals surface area contributed by atoms with E-state index in [0.29, 0.717) is 19.8 Å². The maximum atomic E-state index is 12.2. The molecule has 5 nitrogen and oxygen atoms in total. The number of carbonyl (C=O) groups excluding carboxylic acids is 1. The smallest absolute Gasteiger partial charge is 0.410 e. The summed E-state index contributed by atoms with van der Waals surface area (Å²) in [4.78, 5) is 13.9. The van der Waals surface area contributed by atoms with Gasteiger partial charge in [0.1, 0.15) is 5.60 Å². The van der Waals surface area contributed by atoms with Crippen LogP contribution >= 0.6 is 22.6 Å². The van der Waals surface area contributed by atoms with Crippen LogP contribution in [0.1, 0.15) is 33.6 Å². The molecule has 20 heavy (non-hydrogen) atoms. The molecule has 0 aromatic carbocycles. The predicted molar refractivity (Wildman–Crippen MR) is 86.5 cm³/mol. The summed E-state index contributed by atoms with van der Waals surface area (Å²) in [7, 11) is 1.66. The Labute approximate surface area is 135 Å². The van der Waals surface area contributed by atoms with Crippen LogP contribution in [0.25, 0.3) is 0 Å². The zero-order chi connectivity index (χ0) is 15.2. The van der Waals surface area contributed by atoms with Crippen LogP contribution in [-0.2, 0) is 14.2 Å². The lowest BCUT2D eigenvalue weighted by Crippen LogP contribution is -2.54. The van der Waals surface area contributed by atoms with Crippen molar-refractivity contribution in [3.05, 3.63) is 0 Å². The fraction of sp³-hybridized carbons (Fsp3) is 0.929. The molecule has 6 heteroatoms. The van der Waals surface area contributed by atoms with E-state index in [4.69, 9.17) is 14.2 Å². The lowest BCUT2D eigenvalue weighted by molar-refractivity contribution is -0.0858. The van der Waals surface area contributed by atoms with Gasteiger partial charge in [-0.25, -0.2) is 4.79 Å². The number of methoxy groups -OCH3 is 1. The molecule has 1 fully saturated rings. The first-order valence-electron chi connectivity index (χ1n) is 6.99. The number of piperidine rings is 1. The molecule has 0 bridgehead atoms. The molecule has 118 valence electrons. The molecule has 0 aliphatic carbocycles. The Morgan fingerprint density at radius 3 is 2.60 bits per heavy atom. The molecule has 0 aromatic rings. The quantitative estimate of drug-likeness (QED) is 0.405. The van der Waals surface area contributed by atoms with Crippen LogP contribution in [0.4, 0.5) is 4.79 Å². The molecule has 1 saturated heterocycles. The van der Waals surface area contributed by atoms with Gasteiger partial charge in [-0.2, -0.15) is 0 Å². The van der Waals surface area contributed by atoms with Crippen molar-refractivity contribution in [2.24, 2.45) is 0 Å². The van der Waals surface area contributed by atoms with E-state index < -0.39 is 5.60 Å². The van der Waals surface area contributed by atoms with Gasteiger partial charge in [0.2, 0.25) is 0 Å². The van der Waals surface area contributed by atoms with Crippen molar-refractivity contribution in [1.29, 1.82) is 0 Å². The third-order valence-corrected chi connectivity index (χ3v) is 4.52. The molecule has 1 aliphatic rings. The second-order valence-electron chi connectivity index (χ2n) is 6.16. The van der Waals surface area contributed by atoms with Gasteiger partial charge in [-0.3, -0.25) is 0 Å². The largest absolute Gasteiger partial charge is 0.444 e. The molecule has 1 rings (SSSR count). The maximum Gasteiger partial charge on any atom is 0.410 e. The van der Waals surface area contributed by atoms with Gasteiger partial charge in [0.05, 0.1) is 25.4 Å². The lowest BCUT2D eigenvalue weighted by Gasteiger charge is -2.41. The Kier molecular flexibility index (Phi) is 7.00. The number of rotatable bonds is 5. The van der Waals surface area contributed by atoms with Crippen LogP contribution in [-0.4, -0.2) is 60.0 Å². The Bertz CT molecular complexity index is 319. The fourth-order valence-electron chi connectivity index (χ4n) is 2.19. The molecule has 1 amide bonds. The van der Waals surface area contributed by atoms with Crippen molar-refractivity contribution in [3.8, 4) is 0 Å². The van der Waals surface area contributed by atoms with Crippen LogP contribution in [0, 0.1) is 0 Å². The molecule has 0 radical (unpaired) electrons. The molecule has 0 saturated carbocycles. The molecule has 0 spiro atoms. The molecule has 1 heterocycles. The van der Waals surface area contributed by atoms with Crippen LogP contribution in [0.3, 0.4) is 0 Å². The van der Waals surface area contributed by atoms with Crippen molar-refractivity contribution in [3.63, 3.8) is 0 Å². The maximum absolute atomic E-state index is 12.2. The van der Waals surface area contributed by atoms with E-state index in [1.54, 1.807) is 12.0 Å². The van der Waals surface area contributed by atoms with E-state index >= 15 is 0 Å². The molecule has 1 unspecified atom stereocenters. The summed E-state index contributed by atoms with van der Waals surface area (Å²) >= 11 is 2.33. The van der Waals surface area contributed by atoms with E-state index in [1.165, 1.54) is 0 Å². The van der Waals surface area contributed by atoms with Gasteiger partial charge < -0.3 is 19.1 Å². The van der Waals surface area contributed by atoms with Gasteiger partial charge in [-0.1, -0.05) is 22.6 Å². The summed E-state index contributed by atoms with van der Waals surface area (Å²) in [6.07, 6.45) is 1.66. The van der Waals surface area contributed by atoms with E-state index in [2.05, 4.69) is 22.6 Å². The molecular weight excluding hydrogens is 373 g/mol. The number of hydrogen-bond donors (Lipinski definition) is 0. The number of alkyl halides is 1. The summed E-state index contributed by atoms with van der Waals surface area (Å²) in [5, 5.41) is 0. The average molecular weight is 399 g/mol. The second-order valence-corrected chi connectivity index (χ2v) is 6.93. The number of hydrogen-bond acceptors (Lipinski definition) is 4. The van der Waals surface area contributed by atoms with E-state index in [9.17, 15) is 4.79 Å². The molecular formula is C14H26INO4. The van der Waals surface area contributed by atoms with Gasteiger partial charge >= 0.3 is 6.09 Å². The van der Waals surface area contributed by atoms with Crippen LogP contribution in [0.2, 0.25) is 0 Å². The highest BCUT2D eigenvalue weighted by Gasteiger charge is 2.38. The van der Waals surface area contributed by atoms with Gasteiger partial charge in [0.25, 0.3) is 0 Å². The lowest BCUT2D eigenvalue weighted by atomic mass is 9.95. The van der Waals surface area contributed by atoms with Gasteiger partial charge in [0, 0.05) is 18.1 Å². The Morgan fingerprint density at radius 2 is 2.05 bits per heavy atom. The first-order chi connectivity index (χ1) is 9.32. The van der Waals surface area contributed by atoms with E-state index in [0.717, 1.165) is 23.8 Å². The Morgan fingerprint density at radius 1 is 1.35 bits per heavy atom. The third-order valence-electron chi connectivity index (χ3n) is 3.13. The monoisotopic (exact) mass is 399 g/mol. The number of nitrogens with zero attached hydrogens (tertiary/aromatic N) is 1. The SMILES string of the molecule is COCCOC1(CI)CCCN(C(=O)OC(C)(C)C)C1. The highest BCUT2D eigenvalue weighted by Crippen LogP contribution is 2.28. The van der Waals surface area contributed by atoms with Crippen molar-refractivity contribution < 1.29 is 19.0 Å². The number of likely N-dealkylation sites (tertiary alicyclic amines) is 1. The van der Waals surface area contributed by atoms with Crippen molar-refractivity contribution in [1.82, 2.24) is 4.90 Å². The first kappa shape index (κ1) is 18.0. The minimum atomic E-state index is -0.460. The third kappa shape index (κ3) is 5.73. The minimum absolute atomic E-state index is 0.248. The number of halogens is 1. The summed E-state index contributed by atoms with van der Waals surface area (Å²) in [6, 6.07) is 0. The summed E-state index contributed by atoms with van der Waals surface area (Å²) in [6.45, 7) is 8.11. The average Bonchev–Trinajstić information content (AvgIpc) is 2.37. The van der Waals surface area contributed by atoms with Crippen LogP contribution in [0.5, 0.6) is 0 Å².